The van der Waals surface area contributed by atoms with E-state index in [0.29, 0.717) is 34.2 Å². The second-order valence-corrected chi connectivity index (χ2v) is 7.42. The van der Waals surface area contributed by atoms with Gasteiger partial charge in [-0.3, -0.25) is 4.79 Å². The van der Waals surface area contributed by atoms with Crippen LogP contribution in [0.25, 0.3) is 0 Å². The predicted octanol–water partition coefficient (Wildman–Crippen LogP) is 3.51. The van der Waals surface area contributed by atoms with E-state index in [2.05, 4.69) is 0 Å². The standard InChI is InChI=1S/C19H22ClO6P.Li/c1-22-10-11-26-27(17-9-8-13(23-2)12-16(17)25-4)19(21)18-14(20)6-5-7-15(18)24-3;/h5-9,12H,10-11H2,1-4H3;. The van der Waals surface area contributed by atoms with Crippen molar-refractivity contribution in [3.63, 3.8) is 0 Å². The van der Waals surface area contributed by atoms with Crippen LogP contribution in [0.4, 0.5) is 0 Å². The zero-order valence-corrected chi connectivity index (χ0v) is 18.3. The molecule has 0 amide bonds. The monoisotopic (exact) mass is 419 g/mol. The number of ether oxygens (including phenoxy) is 4. The molecule has 0 heterocycles. The summed E-state index contributed by atoms with van der Waals surface area (Å²) in [5.41, 5.74) is 0.00934. The van der Waals surface area contributed by atoms with Crippen LogP contribution in [0.2, 0.25) is 5.02 Å². The number of halogens is 1. The summed E-state index contributed by atoms with van der Waals surface area (Å²) in [6.45, 7) is 0.597. The van der Waals surface area contributed by atoms with Crippen LogP contribution in [0.1, 0.15) is 10.4 Å². The zero-order valence-electron chi connectivity index (χ0n) is 16.7. The number of hydrogen-bond donors (Lipinski definition) is 0. The molecule has 0 aliphatic rings. The molecule has 0 aliphatic heterocycles. The van der Waals surface area contributed by atoms with Gasteiger partial charge in [0.2, 0.25) is 5.52 Å². The minimum atomic E-state index is -1.75. The molecule has 2 aromatic carbocycles. The molecule has 0 aliphatic carbocycles. The van der Waals surface area contributed by atoms with E-state index in [4.69, 9.17) is 35.1 Å². The summed E-state index contributed by atoms with van der Waals surface area (Å²) in [4.78, 5) is 13.4. The Morgan fingerprint density at radius 3 is 2.29 bits per heavy atom. The Balaban J connectivity index is 0.00000392. The van der Waals surface area contributed by atoms with Gasteiger partial charge in [0.25, 0.3) is 0 Å². The Bertz CT molecular complexity index is 789. The SMILES string of the molecule is COCCOP(C(=O)c1c(Cl)cccc1OC)c1ccc(OC)cc1OC.[Li]. The third kappa shape index (κ3) is 5.87. The molecule has 0 bridgehead atoms. The van der Waals surface area contributed by atoms with Gasteiger partial charge in [0.15, 0.2) is 0 Å². The van der Waals surface area contributed by atoms with E-state index in [0.717, 1.165) is 0 Å². The van der Waals surface area contributed by atoms with Gasteiger partial charge in [0.1, 0.15) is 25.4 Å². The normalized spacial score (nSPS) is 11.3. The molecule has 1 atom stereocenters. The second kappa shape index (κ2) is 12.3. The fourth-order valence-electron chi connectivity index (χ4n) is 2.39. The Kier molecular flexibility index (Phi) is 10.9. The van der Waals surface area contributed by atoms with Crippen molar-refractivity contribution in [1.29, 1.82) is 0 Å². The Hall–Kier alpha value is -1.25. The molecular weight excluding hydrogens is 398 g/mol. The van der Waals surface area contributed by atoms with Gasteiger partial charge in [-0.15, -0.1) is 0 Å². The predicted molar refractivity (Wildman–Crippen MR) is 112 cm³/mol. The average Bonchev–Trinajstić information content (AvgIpc) is 2.70. The zero-order chi connectivity index (χ0) is 19.8. The molecule has 0 fully saturated rings. The van der Waals surface area contributed by atoms with Crippen LogP contribution in [0.15, 0.2) is 36.4 Å². The largest absolute Gasteiger partial charge is 0.497 e. The molecule has 28 heavy (non-hydrogen) atoms. The minimum absolute atomic E-state index is 0. The molecule has 0 saturated heterocycles. The Labute approximate surface area is 183 Å². The van der Waals surface area contributed by atoms with Gasteiger partial charge < -0.3 is 23.5 Å². The molecule has 9 heteroatoms. The molecule has 0 saturated carbocycles. The molecule has 0 N–H and O–H groups in total. The molecule has 1 radical (unpaired) electrons. The molecule has 0 spiro atoms. The first-order valence-corrected chi connectivity index (χ1v) is 9.72. The van der Waals surface area contributed by atoms with E-state index in [1.165, 1.54) is 14.2 Å². The second-order valence-electron chi connectivity index (χ2n) is 5.28. The first-order valence-electron chi connectivity index (χ1n) is 8.08. The first kappa shape index (κ1) is 24.8. The quantitative estimate of drug-likeness (QED) is 0.334. The van der Waals surface area contributed by atoms with Gasteiger partial charge in [-0.2, -0.15) is 0 Å². The minimum Gasteiger partial charge on any atom is -0.497 e. The van der Waals surface area contributed by atoms with Crippen molar-refractivity contribution in [1.82, 2.24) is 0 Å². The van der Waals surface area contributed by atoms with E-state index >= 15 is 0 Å². The maximum absolute atomic E-state index is 13.4. The average molecular weight is 420 g/mol. The topological polar surface area (TPSA) is 63.2 Å². The summed E-state index contributed by atoms with van der Waals surface area (Å²) >= 11 is 6.30. The number of hydrogen-bond acceptors (Lipinski definition) is 6. The van der Waals surface area contributed by atoms with Crippen molar-refractivity contribution in [3.05, 3.63) is 47.0 Å². The number of carbonyl (C=O) groups excluding carboxylic acids is 1. The molecule has 2 rings (SSSR count). The van der Waals surface area contributed by atoms with Crippen molar-refractivity contribution in [2.45, 2.75) is 0 Å². The van der Waals surface area contributed by atoms with E-state index in [1.807, 2.05) is 0 Å². The van der Waals surface area contributed by atoms with E-state index < -0.39 is 8.15 Å². The van der Waals surface area contributed by atoms with Crippen molar-refractivity contribution in [2.75, 3.05) is 41.7 Å². The van der Waals surface area contributed by atoms with Gasteiger partial charge in [0, 0.05) is 32.0 Å². The Morgan fingerprint density at radius 2 is 1.68 bits per heavy atom. The molecular formula is C19H22ClLiO6P. The fourth-order valence-corrected chi connectivity index (χ4v) is 4.44. The van der Waals surface area contributed by atoms with Crippen LogP contribution in [-0.2, 0) is 9.26 Å². The molecule has 0 aromatic heterocycles. The molecule has 1 unspecified atom stereocenters. The summed E-state index contributed by atoms with van der Waals surface area (Å²) < 4.78 is 27.0. The van der Waals surface area contributed by atoms with E-state index in [1.54, 1.807) is 50.6 Å². The number of rotatable bonds is 10. The summed E-state index contributed by atoms with van der Waals surface area (Å²) in [7, 11) is 4.40. The van der Waals surface area contributed by atoms with Gasteiger partial charge in [-0.25, -0.2) is 0 Å². The van der Waals surface area contributed by atoms with E-state index in [9.17, 15) is 4.79 Å². The molecule has 2 aromatic rings. The van der Waals surface area contributed by atoms with Crippen molar-refractivity contribution in [3.8, 4) is 17.2 Å². The van der Waals surface area contributed by atoms with Crippen LogP contribution in [0, 0.1) is 0 Å². The number of carbonyl (C=O) groups is 1. The van der Waals surface area contributed by atoms with Crippen molar-refractivity contribution in [2.24, 2.45) is 0 Å². The maximum atomic E-state index is 13.4. The molecule has 6 nitrogen and oxygen atoms in total. The van der Waals surface area contributed by atoms with Gasteiger partial charge in [0.05, 0.1) is 50.4 Å². The third-order valence-electron chi connectivity index (χ3n) is 3.71. The smallest absolute Gasteiger partial charge is 0.221 e. The first-order chi connectivity index (χ1) is 13.1. The number of methoxy groups -OCH3 is 4. The van der Waals surface area contributed by atoms with Crippen LogP contribution in [0.3, 0.4) is 0 Å². The van der Waals surface area contributed by atoms with Gasteiger partial charge in [-0.1, -0.05) is 17.7 Å². The maximum Gasteiger partial charge on any atom is 0.221 e. The van der Waals surface area contributed by atoms with Crippen molar-refractivity contribution < 1.29 is 28.3 Å². The van der Waals surface area contributed by atoms with Crippen LogP contribution in [-0.4, -0.2) is 66.0 Å². The van der Waals surface area contributed by atoms with Gasteiger partial charge >= 0.3 is 0 Å². The molecule has 147 valence electrons. The van der Waals surface area contributed by atoms with Crippen molar-refractivity contribution >= 4 is 49.4 Å². The van der Waals surface area contributed by atoms with Gasteiger partial charge in [-0.05, 0) is 24.3 Å². The Morgan fingerprint density at radius 1 is 0.964 bits per heavy atom. The third-order valence-corrected chi connectivity index (χ3v) is 5.86. The summed E-state index contributed by atoms with van der Waals surface area (Å²) in [5, 5.41) is 0.922. The van der Waals surface area contributed by atoms with Crippen LogP contribution < -0.4 is 19.5 Å². The summed E-state index contributed by atoms with van der Waals surface area (Å²) in [5.74, 6) is 1.50. The fraction of sp³-hybridized carbons (Fsp3) is 0.316. The van der Waals surface area contributed by atoms with E-state index in [-0.39, 0.29) is 36.6 Å². The summed E-state index contributed by atoms with van der Waals surface area (Å²) in [6, 6.07) is 10.3. The van der Waals surface area contributed by atoms with Crippen LogP contribution >= 0.6 is 19.7 Å². The van der Waals surface area contributed by atoms with Crippen LogP contribution in [0.5, 0.6) is 17.2 Å². The number of benzene rings is 2. The summed E-state index contributed by atoms with van der Waals surface area (Å²) in [6.07, 6.45) is 0.